The molecular weight excluding hydrogens is 196 g/mol. The molecule has 2 unspecified atom stereocenters. The van der Waals surface area contributed by atoms with Crippen molar-refractivity contribution in [3.8, 4) is 0 Å². The standard InChI is InChI=1S/C11H18O4/c1-5-9(12)14-10-7-13-11(4,15-10)6-8(2)3/h5,8,10H,1,6-7H2,2-4H3. The Bertz CT molecular complexity index is 249. The van der Waals surface area contributed by atoms with Crippen molar-refractivity contribution in [2.45, 2.75) is 39.3 Å². The summed E-state index contributed by atoms with van der Waals surface area (Å²) in [5.74, 6) is -0.665. The number of carbonyl (C=O) groups is 1. The molecule has 0 aromatic rings. The van der Waals surface area contributed by atoms with Crippen molar-refractivity contribution in [3.05, 3.63) is 12.7 Å². The minimum absolute atomic E-state index is 0.281. The number of hydrogen-bond donors (Lipinski definition) is 0. The smallest absolute Gasteiger partial charge is 0.332 e. The number of carbonyl (C=O) groups excluding carboxylic acids is 1. The van der Waals surface area contributed by atoms with Gasteiger partial charge in [-0.15, -0.1) is 0 Å². The van der Waals surface area contributed by atoms with Crippen LogP contribution in [-0.4, -0.2) is 24.7 Å². The van der Waals surface area contributed by atoms with E-state index in [0.717, 1.165) is 12.5 Å². The monoisotopic (exact) mass is 214 g/mol. The largest absolute Gasteiger partial charge is 0.430 e. The van der Waals surface area contributed by atoms with Crippen LogP contribution in [0.2, 0.25) is 0 Å². The number of ether oxygens (including phenoxy) is 3. The quantitative estimate of drug-likeness (QED) is 0.529. The summed E-state index contributed by atoms with van der Waals surface area (Å²) in [7, 11) is 0. The molecular formula is C11H18O4. The molecule has 4 nitrogen and oxygen atoms in total. The Kier molecular flexibility index (Phi) is 3.88. The molecule has 86 valence electrons. The van der Waals surface area contributed by atoms with E-state index >= 15 is 0 Å². The highest BCUT2D eigenvalue weighted by Gasteiger charge is 2.39. The van der Waals surface area contributed by atoms with E-state index in [1.807, 2.05) is 6.92 Å². The van der Waals surface area contributed by atoms with Crippen LogP contribution in [0.15, 0.2) is 12.7 Å². The molecule has 0 bridgehead atoms. The molecule has 1 saturated heterocycles. The first-order valence-electron chi connectivity index (χ1n) is 5.10. The van der Waals surface area contributed by atoms with Gasteiger partial charge in [0.2, 0.25) is 6.29 Å². The van der Waals surface area contributed by atoms with E-state index < -0.39 is 18.0 Å². The lowest BCUT2D eigenvalue weighted by Gasteiger charge is -2.24. The molecule has 0 radical (unpaired) electrons. The van der Waals surface area contributed by atoms with Gasteiger partial charge in [-0.1, -0.05) is 20.4 Å². The molecule has 15 heavy (non-hydrogen) atoms. The molecule has 0 aromatic heterocycles. The number of rotatable bonds is 4. The van der Waals surface area contributed by atoms with Crippen molar-refractivity contribution >= 4 is 5.97 Å². The summed E-state index contributed by atoms with van der Waals surface area (Å²) in [6, 6.07) is 0. The molecule has 0 aromatic carbocycles. The molecule has 0 saturated carbocycles. The minimum atomic E-state index is -0.639. The normalized spacial score (nSPS) is 30.5. The van der Waals surface area contributed by atoms with Gasteiger partial charge in [0.05, 0.1) is 0 Å². The van der Waals surface area contributed by atoms with Gasteiger partial charge < -0.3 is 14.2 Å². The molecule has 1 rings (SSSR count). The third-order valence-electron chi connectivity index (χ3n) is 2.10. The van der Waals surface area contributed by atoms with E-state index in [1.54, 1.807) is 0 Å². The van der Waals surface area contributed by atoms with E-state index in [0.29, 0.717) is 5.92 Å². The zero-order valence-electron chi connectivity index (χ0n) is 9.49. The first kappa shape index (κ1) is 12.2. The fourth-order valence-corrected chi connectivity index (χ4v) is 1.67. The van der Waals surface area contributed by atoms with Crippen LogP contribution < -0.4 is 0 Å². The SMILES string of the molecule is C=CC(=O)OC1COC(C)(CC(C)C)O1. The highest BCUT2D eigenvalue weighted by molar-refractivity contribution is 5.81. The van der Waals surface area contributed by atoms with Gasteiger partial charge in [-0.2, -0.15) is 0 Å². The fraction of sp³-hybridized carbons (Fsp3) is 0.727. The molecule has 0 spiro atoms. The molecule has 0 aliphatic carbocycles. The summed E-state index contributed by atoms with van der Waals surface area (Å²) < 4.78 is 15.9. The van der Waals surface area contributed by atoms with E-state index in [9.17, 15) is 4.79 Å². The Hall–Kier alpha value is -0.870. The average molecular weight is 214 g/mol. The summed E-state index contributed by atoms with van der Waals surface area (Å²) in [6.07, 6.45) is 1.27. The van der Waals surface area contributed by atoms with Gasteiger partial charge in [0.15, 0.2) is 5.79 Å². The molecule has 4 heteroatoms. The van der Waals surface area contributed by atoms with Gasteiger partial charge in [-0.3, -0.25) is 0 Å². The van der Waals surface area contributed by atoms with E-state index in [1.165, 1.54) is 0 Å². The Morgan fingerprint density at radius 3 is 2.93 bits per heavy atom. The van der Waals surface area contributed by atoms with E-state index in [2.05, 4.69) is 20.4 Å². The third kappa shape index (κ3) is 3.64. The third-order valence-corrected chi connectivity index (χ3v) is 2.10. The maximum atomic E-state index is 10.9. The summed E-state index contributed by atoms with van der Waals surface area (Å²) in [6.45, 7) is 9.62. The lowest BCUT2D eigenvalue weighted by molar-refractivity contribution is -0.207. The molecule has 0 amide bonds. The predicted octanol–water partition coefficient (Wildman–Crippen LogP) is 1.85. The summed E-state index contributed by atoms with van der Waals surface area (Å²) >= 11 is 0. The predicted molar refractivity (Wildman–Crippen MR) is 55.0 cm³/mol. The second-order valence-corrected chi connectivity index (χ2v) is 4.23. The lowest BCUT2D eigenvalue weighted by Crippen LogP contribution is -2.29. The van der Waals surface area contributed by atoms with Crippen LogP contribution in [0.5, 0.6) is 0 Å². The Balaban J connectivity index is 2.43. The molecule has 2 atom stereocenters. The van der Waals surface area contributed by atoms with Crippen LogP contribution >= 0.6 is 0 Å². The second-order valence-electron chi connectivity index (χ2n) is 4.23. The van der Waals surface area contributed by atoms with Crippen LogP contribution in [0, 0.1) is 5.92 Å². The van der Waals surface area contributed by atoms with Crippen molar-refractivity contribution in [2.24, 2.45) is 5.92 Å². The van der Waals surface area contributed by atoms with Crippen LogP contribution in [0.4, 0.5) is 0 Å². The topological polar surface area (TPSA) is 44.8 Å². The highest BCUT2D eigenvalue weighted by Crippen LogP contribution is 2.30. The van der Waals surface area contributed by atoms with Crippen molar-refractivity contribution in [3.63, 3.8) is 0 Å². The van der Waals surface area contributed by atoms with Crippen LogP contribution in [-0.2, 0) is 19.0 Å². The van der Waals surface area contributed by atoms with E-state index in [4.69, 9.17) is 14.2 Å². The molecule has 0 N–H and O–H groups in total. The zero-order chi connectivity index (χ0) is 11.5. The number of hydrogen-bond acceptors (Lipinski definition) is 4. The van der Waals surface area contributed by atoms with Crippen LogP contribution in [0.1, 0.15) is 27.2 Å². The van der Waals surface area contributed by atoms with Gasteiger partial charge in [-0.25, -0.2) is 4.79 Å². The van der Waals surface area contributed by atoms with Crippen LogP contribution in [0.3, 0.4) is 0 Å². The lowest BCUT2D eigenvalue weighted by atomic mass is 10.0. The van der Waals surface area contributed by atoms with Crippen molar-refractivity contribution in [1.82, 2.24) is 0 Å². The van der Waals surface area contributed by atoms with Crippen LogP contribution in [0.25, 0.3) is 0 Å². The first-order chi connectivity index (χ1) is 6.95. The Labute approximate surface area is 90.2 Å². The van der Waals surface area contributed by atoms with Gasteiger partial charge in [0.25, 0.3) is 0 Å². The maximum Gasteiger partial charge on any atom is 0.332 e. The Morgan fingerprint density at radius 1 is 1.73 bits per heavy atom. The van der Waals surface area contributed by atoms with Crippen molar-refractivity contribution in [2.75, 3.05) is 6.61 Å². The highest BCUT2D eigenvalue weighted by atomic mass is 16.8. The van der Waals surface area contributed by atoms with Gasteiger partial charge >= 0.3 is 5.97 Å². The van der Waals surface area contributed by atoms with E-state index in [-0.39, 0.29) is 6.61 Å². The summed E-state index contributed by atoms with van der Waals surface area (Å²) in [4.78, 5) is 10.9. The van der Waals surface area contributed by atoms with Gasteiger partial charge in [0.1, 0.15) is 6.61 Å². The summed E-state index contributed by atoms with van der Waals surface area (Å²) in [5.41, 5.74) is 0. The zero-order valence-corrected chi connectivity index (χ0v) is 9.49. The molecule has 1 heterocycles. The second kappa shape index (κ2) is 4.77. The minimum Gasteiger partial charge on any atom is -0.430 e. The first-order valence-corrected chi connectivity index (χ1v) is 5.10. The maximum absolute atomic E-state index is 10.9. The average Bonchev–Trinajstić information content (AvgIpc) is 2.45. The molecule has 1 aliphatic rings. The summed E-state index contributed by atoms with van der Waals surface area (Å²) in [5, 5.41) is 0. The number of esters is 1. The molecule has 1 aliphatic heterocycles. The Morgan fingerprint density at radius 2 is 2.40 bits per heavy atom. The van der Waals surface area contributed by atoms with Gasteiger partial charge in [-0.05, 0) is 12.8 Å². The molecule has 1 fully saturated rings. The van der Waals surface area contributed by atoms with Crippen molar-refractivity contribution < 1.29 is 19.0 Å². The fourth-order valence-electron chi connectivity index (χ4n) is 1.67. The van der Waals surface area contributed by atoms with Gasteiger partial charge in [0, 0.05) is 12.5 Å². The van der Waals surface area contributed by atoms with Crippen molar-refractivity contribution in [1.29, 1.82) is 0 Å².